The maximum atomic E-state index is 13.5. The molecule has 3 aromatic heterocycles. The number of aromatic nitrogens is 3. The van der Waals surface area contributed by atoms with Crippen molar-refractivity contribution < 1.29 is 0 Å². The van der Waals surface area contributed by atoms with E-state index in [0.717, 1.165) is 39.2 Å². The highest BCUT2D eigenvalue weighted by atomic mass is 16.1. The van der Waals surface area contributed by atoms with Gasteiger partial charge < -0.3 is 5.32 Å². The first-order chi connectivity index (χ1) is 15.6. The second-order valence-corrected chi connectivity index (χ2v) is 7.93. The van der Waals surface area contributed by atoms with Gasteiger partial charge in [0.25, 0.3) is 0 Å². The topological polar surface area (TPSA) is 67.8 Å². The molecule has 0 atom stereocenters. The van der Waals surface area contributed by atoms with E-state index >= 15 is 0 Å². The average molecular weight is 419 g/mol. The molecular formula is C27H22N4O. The highest BCUT2D eigenvalue weighted by molar-refractivity contribution is 5.94. The normalized spacial score (nSPS) is 11.1. The first-order valence-electron chi connectivity index (χ1n) is 10.5. The summed E-state index contributed by atoms with van der Waals surface area (Å²) in [6.07, 6.45) is 5.40. The molecule has 0 radical (unpaired) electrons. The molecule has 0 aliphatic carbocycles. The molecule has 3 heterocycles. The first-order valence-corrected chi connectivity index (χ1v) is 10.5. The zero-order valence-electron chi connectivity index (χ0n) is 18.0. The third-order valence-electron chi connectivity index (χ3n) is 5.70. The van der Waals surface area contributed by atoms with Gasteiger partial charge in [-0.25, -0.2) is 0 Å². The lowest BCUT2D eigenvalue weighted by molar-refractivity contribution is 1.02. The number of benzene rings is 1. The van der Waals surface area contributed by atoms with Gasteiger partial charge in [0.1, 0.15) is 0 Å². The molecule has 0 aliphatic rings. The Bertz CT molecular complexity index is 1510. The van der Waals surface area contributed by atoms with Gasteiger partial charge in [0.2, 0.25) is 0 Å². The van der Waals surface area contributed by atoms with E-state index in [1.807, 2.05) is 80.7 Å². The van der Waals surface area contributed by atoms with Gasteiger partial charge in [0.15, 0.2) is 5.43 Å². The predicted molar refractivity (Wildman–Crippen MR) is 130 cm³/mol. The van der Waals surface area contributed by atoms with Crippen molar-refractivity contribution in [1.82, 2.24) is 15.0 Å². The van der Waals surface area contributed by atoms with Gasteiger partial charge in [-0.05, 0) is 61.2 Å². The molecule has 2 aromatic carbocycles. The number of hydrogen-bond donors (Lipinski definition) is 1. The summed E-state index contributed by atoms with van der Waals surface area (Å²) in [5.74, 6) is 0. The molecule has 0 bridgehead atoms. The first kappa shape index (κ1) is 19.8. The van der Waals surface area contributed by atoms with Crippen LogP contribution in [0.15, 0.2) is 84.0 Å². The summed E-state index contributed by atoms with van der Waals surface area (Å²) in [5, 5.41) is 5.53. The minimum Gasteiger partial charge on any atom is -0.379 e. The van der Waals surface area contributed by atoms with Crippen LogP contribution in [0.25, 0.3) is 32.8 Å². The second kappa shape index (κ2) is 8.19. The number of rotatable bonds is 4. The summed E-state index contributed by atoms with van der Waals surface area (Å²) in [6, 6.07) is 19.6. The zero-order valence-corrected chi connectivity index (χ0v) is 18.0. The average Bonchev–Trinajstić information content (AvgIpc) is 2.95. The molecule has 0 saturated carbocycles. The Morgan fingerprint density at radius 2 is 1.66 bits per heavy atom. The van der Waals surface area contributed by atoms with Crippen LogP contribution in [0.1, 0.15) is 17.0 Å². The summed E-state index contributed by atoms with van der Waals surface area (Å²) in [6.45, 7) is 4.59. The Morgan fingerprint density at radius 3 is 2.47 bits per heavy atom. The van der Waals surface area contributed by atoms with E-state index < -0.39 is 0 Å². The van der Waals surface area contributed by atoms with Crippen LogP contribution in [0.4, 0.5) is 5.69 Å². The van der Waals surface area contributed by atoms with E-state index in [-0.39, 0.29) is 5.43 Å². The number of pyridine rings is 3. The highest BCUT2D eigenvalue weighted by Crippen LogP contribution is 2.23. The van der Waals surface area contributed by atoms with Crippen LogP contribution in [0.5, 0.6) is 0 Å². The van der Waals surface area contributed by atoms with Gasteiger partial charge in [0, 0.05) is 51.9 Å². The zero-order chi connectivity index (χ0) is 22.1. The van der Waals surface area contributed by atoms with Crippen LogP contribution < -0.4 is 10.7 Å². The number of fused-ring (bicyclic) bond motifs is 2. The fourth-order valence-corrected chi connectivity index (χ4v) is 3.80. The molecule has 0 saturated heterocycles. The largest absolute Gasteiger partial charge is 0.379 e. The lowest BCUT2D eigenvalue weighted by atomic mass is 10.1. The van der Waals surface area contributed by atoms with Crippen LogP contribution in [-0.4, -0.2) is 15.0 Å². The maximum absolute atomic E-state index is 13.5. The van der Waals surface area contributed by atoms with Crippen LogP contribution in [0.2, 0.25) is 0 Å². The Kier molecular flexibility index (Phi) is 5.07. The standard InChI is InChI=1S/C27H22N4O/c1-17-4-3-11-28-26(17)16-30-22-9-7-19-8-10-25-24(27(32)23(19)13-22)12-21(15-31-25)20-6-5-18(2)29-14-20/h3-15,30H,16H2,1-2H3. The predicted octanol–water partition coefficient (Wildman–Crippen LogP) is 5.43. The number of nitrogens with one attached hydrogen (secondary N) is 1. The van der Waals surface area contributed by atoms with Gasteiger partial charge in [-0.3, -0.25) is 19.7 Å². The van der Waals surface area contributed by atoms with Gasteiger partial charge >= 0.3 is 0 Å². The highest BCUT2D eigenvalue weighted by Gasteiger charge is 2.08. The fourth-order valence-electron chi connectivity index (χ4n) is 3.80. The molecule has 0 unspecified atom stereocenters. The van der Waals surface area contributed by atoms with Crippen molar-refractivity contribution in [1.29, 1.82) is 0 Å². The summed E-state index contributed by atoms with van der Waals surface area (Å²) >= 11 is 0. The number of hydrogen-bond acceptors (Lipinski definition) is 5. The minimum absolute atomic E-state index is 0.0351. The van der Waals surface area contributed by atoms with E-state index in [1.165, 1.54) is 0 Å². The van der Waals surface area contributed by atoms with E-state index in [2.05, 4.69) is 20.3 Å². The molecule has 0 amide bonds. The lowest BCUT2D eigenvalue weighted by Crippen LogP contribution is -2.04. The van der Waals surface area contributed by atoms with Gasteiger partial charge in [-0.2, -0.15) is 0 Å². The fraction of sp³-hybridized carbons (Fsp3) is 0.111. The smallest absolute Gasteiger partial charge is 0.195 e. The molecule has 5 rings (SSSR count). The molecule has 156 valence electrons. The molecule has 5 nitrogen and oxygen atoms in total. The molecule has 0 aliphatic heterocycles. The number of aryl methyl sites for hydroxylation is 2. The van der Waals surface area contributed by atoms with Crippen molar-refractivity contribution in [3.05, 3.63) is 106 Å². The third kappa shape index (κ3) is 3.81. The van der Waals surface area contributed by atoms with Crippen LogP contribution in [0.3, 0.4) is 0 Å². The Morgan fingerprint density at radius 1 is 0.812 bits per heavy atom. The van der Waals surface area contributed by atoms with Crippen LogP contribution in [0, 0.1) is 13.8 Å². The monoisotopic (exact) mass is 418 g/mol. The quantitative estimate of drug-likeness (QED) is 0.421. The van der Waals surface area contributed by atoms with Gasteiger partial charge in [-0.15, -0.1) is 0 Å². The molecule has 5 heteroatoms. The maximum Gasteiger partial charge on any atom is 0.195 e. The third-order valence-corrected chi connectivity index (χ3v) is 5.70. The van der Waals surface area contributed by atoms with Gasteiger partial charge in [0.05, 0.1) is 17.8 Å². The lowest BCUT2D eigenvalue weighted by Gasteiger charge is -2.08. The summed E-state index contributed by atoms with van der Waals surface area (Å²) in [7, 11) is 0. The number of nitrogens with zero attached hydrogens (tertiary/aromatic N) is 3. The van der Waals surface area contributed by atoms with E-state index in [1.54, 1.807) is 12.4 Å². The Labute approximate surface area is 185 Å². The van der Waals surface area contributed by atoms with Crippen LogP contribution in [-0.2, 0) is 6.54 Å². The molecule has 0 spiro atoms. The van der Waals surface area contributed by atoms with E-state index in [9.17, 15) is 4.79 Å². The van der Waals surface area contributed by atoms with E-state index in [0.29, 0.717) is 22.8 Å². The van der Waals surface area contributed by atoms with Crippen molar-refractivity contribution >= 4 is 27.4 Å². The molecular weight excluding hydrogens is 396 g/mol. The van der Waals surface area contributed by atoms with Crippen molar-refractivity contribution in [2.24, 2.45) is 0 Å². The second-order valence-electron chi connectivity index (χ2n) is 7.93. The van der Waals surface area contributed by atoms with Crippen molar-refractivity contribution in [2.45, 2.75) is 20.4 Å². The summed E-state index contributed by atoms with van der Waals surface area (Å²) in [4.78, 5) is 26.9. The van der Waals surface area contributed by atoms with Crippen LogP contribution >= 0.6 is 0 Å². The Hall–Kier alpha value is -4.12. The summed E-state index contributed by atoms with van der Waals surface area (Å²) < 4.78 is 0. The SMILES string of the molecule is Cc1ccc(-c2cnc3ccc4ccc(NCc5ncccc5C)cc4c(=O)c3c2)cn1. The Balaban J connectivity index is 1.58. The van der Waals surface area contributed by atoms with E-state index in [4.69, 9.17) is 0 Å². The van der Waals surface area contributed by atoms with Crippen molar-refractivity contribution in [3.8, 4) is 11.1 Å². The summed E-state index contributed by atoms with van der Waals surface area (Å²) in [5.41, 5.74) is 6.40. The molecule has 5 aromatic rings. The van der Waals surface area contributed by atoms with Gasteiger partial charge in [-0.1, -0.05) is 24.3 Å². The van der Waals surface area contributed by atoms with Crippen molar-refractivity contribution in [2.75, 3.05) is 5.32 Å². The minimum atomic E-state index is -0.0351. The molecule has 0 fully saturated rings. The number of anilines is 1. The van der Waals surface area contributed by atoms with Crippen molar-refractivity contribution in [3.63, 3.8) is 0 Å². The molecule has 1 N–H and O–H groups in total. The molecule has 32 heavy (non-hydrogen) atoms.